The lowest BCUT2D eigenvalue weighted by Crippen LogP contribution is -2.63. The number of hydrogen-bond acceptors (Lipinski definition) is 1. The lowest BCUT2D eigenvalue weighted by atomic mass is 10.1. The van der Waals surface area contributed by atoms with Gasteiger partial charge in [-0.25, -0.2) is 13.5 Å². The van der Waals surface area contributed by atoms with Crippen molar-refractivity contribution >= 4 is 0 Å². The summed E-state index contributed by atoms with van der Waals surface area (Å²) in [6, 6.07) is 0. The fourth-order valence-electron chi connectivity index (χ4n) is 0.738. The van der Waals surface area contributed by atoms with Crippen molar-refractivity contribution in [1.82, 2.24) is 0 Å². The summed E-state index contributed by atoms with van der Waals surface area (Å²) in [5.74, 6) is -19.8. The van der Waals surface area contributed by atoms with E-state index in [2.05, 4.69) is 0 Å². The van der Waals surface area contributed by atoms with Gasteiger partial charge in [0.15, 0.2) is 0 Å². The van der Waals surface area contributed by atoms with Crippen LogP contribution >= 0.6 is 0 Å². The Morgan fingerprint density at radius 1 is 0.700 bits per heavy atom. The van der Waals surface area contributed by atoms with Crippen molar-refractivity contribution < 1.29 is 57.4 Å². The quantitative estimate of drug-likeness (QED) is 0.656. The van der Waals surface area contributed by atoms with Crippen molar-refractivity contribution in [3.8, 4) is 0 Å². The van der Waals surface area contributed by atoms with Crippen LogP contribution in [0.15, 0.2) is 0 Å². The predicted molar refractivity (Wildman–Crippen MR) is 37.5 cm³/mol. The van der Waals surface area contributed by atoms with Crippen molar-refractivity contribution in [2.24, 2.45) is 0 Å². The molecule has 0 bridgehead atoms. The molecule has 0 spiro atoms. The summed E-state index contributed by atoms with van der Waals surface area (Å²) < 4.78 is 148. The van der Waals surface area contributed by atoms with Gasteiger partial charge in [0, 0.05) is 6.92 Å². The molecule has 0 radical (unpaired) electrons. The van der Waals surface area contributed by atoms with Crippen molar-refractivity contribution in [3.63, 3.8) is 0 Å². The van der Waals surface area contributed by atoms with Crippen molar-refractivity contribution in [2.75, 3.05) is 0 Å². The largest absolute Gasteiger partial charge is 0.430 e. The zero-order chi connectivity index (χ0) is 16.8. The second-order valence-electron chi connectivity index (χ2n) is 3.52. The van der Waals surface area contributed by atoms with Gasteiger partial charge in [-0.15, -0.1) is 0 Å². The molecule has 0 heterocycles. The number of ether oxygens (including phenoxy) is 1. The Hall–Kier alpha value is -0.880. The van der Waals surface area contributed by atoms with Gasteiger partial charge in [0.05, 0.1) is 0 Å². The maximum Gasteiger partial charge on any atom is 0.430 e. The van der Waals surface area contributed by atoms with E-state index in [4.69, 9.17) is 0 Å². The molecule has 1 nitrogen and oxygen atoms in total. The molecule has 0 unspecified atom stereocenters. The van der Waals surface area contributed by atoms with Gasteiger partial charge in [-0.3, -0.25) is 0 Å². The molecule has 0 rings (SSSR count). The molecule has 0 aromatic rings. The summed E-state index contributed by atoms with van der Waals surface area (Å²) in [4.78, 5) is 0. The minimum absolute atomic E-state index is 0.901. The molecule has 0 saturated heterocycles. The van der Waals surface area contributed by atoms with Gasteiger partial charge in [-0.05, 0) is 0 Å². The zero-order valence-electron chi connectivity index (χ0n) is 9.02. The zero-order valence-corrected chi connectivity index (χ0v) is 9.02. The highest BCUT2D eigenvalue weighted by Gasteiger charge is 2.81. The van der Waals surface area contributed by atoms with Gasteiger partial charge in [-0.1, -0.05) is 0 Å². The average Bonchev–Trinajstić information content (AvgIpc) is 2.12. The van der Waals surface area contributed by atoms with Crippen molar-refractivity contribution in [3.05, 3.63) is 0 Å². The van der Waals surface area contributed by atoms with Gasteiger partial charge in [0.25, 0.3) is 0 Å². The van der Waals surface area contributed by atoms with Crippen LogP contribution in [0.4, 0.5) is 52.7 Å². The van der Waals surface area contributed by atoms with Crippen LogP contribution in [0, 0.1) is 0 Å². The Morgan fingerprint density at radius 2 is 1.05 bits per heavy atom. The lowest BCUT2D eigenvalue weighted by molar-refractivity contribution is -0.483. The summed E-state index contributed by atoms with van der Waals surface area (Å²) >= 11 is 0. The molecule has 122 valence electrons. The molecule has 0 aromatic carbocycles. The number of hydrogen-bond donors (Lipinski definition) is 0. The lowest BCUT2D eigenvalue weighted by Gasteiger charge is -2.35. The van der Waals surface area contributed by atoms with Crippen LogP contribution < -0.4 is 0 Å². The van der Waals surface area contributed by atoms with Crippen LogP contribution in [-0.4, -0.2) is 36.4 Å². The van der Waals surface area contributed by atoms with Gasteiger partial charge < -0.3 is 0 Å². The van der Waals surface area contributed by atoms with Crippen LogP contribution in [0.5, 0.6) is 0 Å². The van der Waals surface area contributed by atoms with E-state index in [-0.39, 0.29) is 0 Å². The highest BCUT2D eigenvalue weighted by molar-refractivity contribution is 4.99. The molecule has 0 aliphatic heterocycles. The maximum absolute atomic E-state index is 12.6. The van der Waals surface area contributed by atoms with Gasteiger partial charge in [0.2, 0.25) is 0 Å². The SMILES string of the molecule is CC(F)(F)C(F)(F)C(F)(F)C(F)(F)OC(F)(F)C(F)F. The van der Waals surface area contributed by atoms with Crippen molar-refractivity contribution in [2.45, 2.75) is 43.3 Å². The molecule has 0 N–H and O–H groups in total. The van der Waals surface area contributed by atoms with Crippen LogP contribution in [-0.2, 0) is 4.74 Å². The van der Waals surface area contributed by atoms with Gasteiger partial charge >= 0.3 is 36.4 Å². The summed E-state index contributed by atoms with van der Waals surface area (Å²) in [5, 5.41) is 0. The second-order valence-corrected chi connectivity index (χ2v) is 3.52. The van der Waals surface area contributed by atoms with E-state index in [0.29, 0.717) is 0 Å². The molecule has 0 amide bonds. The molecule has 20 heavy (non-hydrogen) atoms. The summed E-state index contributed by atoms with van der Waals surface area (Å²) in [5.41, 5.74) is 0. The van der Waals surface area contributed by atoms with Gasteiger partial charge in [-0.2, -0.15) is 43.9 Å². The van der Waals surface area contributed by atoms with E-state index in [9.17, 15) is 52.7 Å². The van der Waals surface area contributed by atoms with E-state index >= 15 is 0 Å². The smallest absolute Gasteiger partial charge is 0.246 e. The number of alkyl halides is 12. The molecule has 13 heteroatoms. The Morgan fingerprint density at radius 3 is 1.30 bits per heavy atom. The predicted octanol–water partition coefficient (Wildman–Crippen LogP) is 4.38. The first-order valence-electron chi connectivity index (χ1n) is 4.27. The second kappa shape index (κ2) is 4.84. The molecule has 0 fully saturated rings. The molecular weight excluding hydrogens is 328 g/mol. The summed E-state index contributed by atoms with van der Waals surface area (Å²) in [7, 11) is 0. The van der Waals surface area contributed by atoms with Crippen LogP contribution in [0.3, 0.4) is 0 Å². The van der Waals surface area contributed by atoms with E-state index < -0.39 is 43.3 Å². The highest BCUT2D eigenvalue weighted by Crippen LogP contribution is 2.54. The molecular formula is C7H4F12O. The third-order valence-electron chi connectivity index (χ3n) is 1.83. The minimum Gasteiger partial charge on any atom is -0.246 e. The first-order chi connectivity index (χ1) is 8.40. The fraction of sp³-hybridized carbons (Fsp3) is 1.00. The standard InChI is InChI=1S/C7H4F12O/c1-3(10,11)5(14,15)6(16,17)7(18,19)20-4(12,13)2(8)9/h2H,1H3. The number of rotatable bonds is 6. The first-order valence-corrected chi connectivity index (χ1v) is 4.27. The molecule has 0 atom stereocenters. The Balaban J connectivity index is 5.60. The molecule has 0 saturated carbocycles. The van der Waals surface area contributed by atoms with E-state index in [0.717, 1.165) is 0 Å². The Kier molecular flexibility index (Phi) is 4.63. The van der Waals surface area contributed by atoms with E-state index in [1.165, 1.54) is 0 Å². The molecule has 0 aromatic heterocycles. The normalized spacial score (nSPS) is 15.9. The molecule has 0 aliphatic rings. The highest BCUT2D eigenvalue weighted by atomic mass is 19.4. The minimum atomic E-state index is -7.18. The first kappa shape index (κ1) is 19.1. The van der Waals surface area contributed by atoms with Crippen LogP contribution in [0.2, 0.25) is 0 Å². The Labute approximate surface area is 102 Å². The Bertz CT molecular complexity index is 342. The average molecular weight is 332 g/mol. The van der Waals surface area contributed by atoms with E-state index in [1.54, 1.807) is 4.74 Å². The summed E-state index contributed by atoms with van der Waals surface area (Å²) in [6.45, 7) is -0.901. The third kappa shape index (κ3) is 3.06. The monoisotopic (exact) mass is 332 g/mol. The maximum atomic E-state index is 12.6. The van der Waals surface area contributed by atoms with Crippen LogP contribution in [0.1, 0.15) is 6.92 Å². The van der Waals surface area contributed by atoms with Crippen molar-refractivity contribution in [1.29, 1.82) is 0 Å². The summed E-state index contributed by atoms with van der Waals surface area (Å²) in [6.07, 6.45) is -18.3. The number of halogens is 12. The van der Waals surface area contributed by atoms with Crippen LogP contribution in [0.25, 0.3) is 0 Å². The van der Waals surface area contributed by atoms with E-state index in [1.807, 2.05) is 0 Å². The van der Waals surface area contributed by atoms with Gasteiger partial charge in [0.1, 0.15) is 0 Å². The third-order valence-corrected chi connectivity index (χ3v) is 1.83. The molecule has 0 aliphatic carbocycles. The topological polar surface area (TPSA) is 9.23 Å². The fourth-order valence-corrected chi connectivity index (χ4v) is 0.738.